The molecule has 94 valence electrons. The molecule has 18 heavy (non-hydrogen) atoms. The molecule has 0 N–H and O–H groups in total. The topological polar surface area (TPSA) is 18.5 Å². The number of hydrogen-bond acceptors (Lipinski definition) is 2. The molecular formula is C14H20B2O2. The average Bonchev–Trinajstić information content (AvgIpc) is 2.47. The first kappa shape index (κ1) is 13.7. The minimum Gasteiger partial charge on any atom is -0.399 e. The fourth-order valence-electron chi connectivity index (χ4n) is 2.10. The van der Waals surface area contributed by atoms with Gasteiger partial charge < -0.3 is 9.31 Å². The third kappa shape index (κ3) is 2.24. The van der Waals surface area contributed by atoms with Crippen molar-refractivity contribution in [1.29, 1.82) is 0 Å². The van der Waals surface area contributed by atoms with Gasteiger partial charge in [-0.2, -0.15) is 0 Å². The zero-order valence-electron chi connectivity index (χ0n) is 11.9. The Morgan fingerprint density at radius 1 is 1.11 bits per heavy atom. The zero-order valence-corrected chi connectivity index (χ0v) is 11.9. The van der Waals surface area contributed by atoms with Gasteiger partial charge in [0.05, 0.1) is 19.0 Å². The van der Waals surface area contributed by atoms with Crippen molar-refractivity contribution in [3.05, 3.63) is 29.3 Å². The van der Waals surface area contributed by atoms with E-state index in [0.29, 0.717) is 6.32 Å². The van der Waals surface area contributed by atoms with Crippen molar-refractivity contribution in [3.8, 4) is 0 Å². The predicted molar refractivity (Wildman–Crippen MR) is 76.4 cm³/mol. The quantitative estimate of drug-likeness (QED) is 0.738. The van der Waals surface area contributed by atoms with E-state index in [1.54, 1.807) is 0 Å². The smallest absolute Gasteiger partial charge is 0.399 e. The summed E-state index contributed by atoms with van der Waals surface area (Å²) < 4.78 is 12.1. The van der Waals surface area contributed by atoms with Crippen LogP contribution in [0.1, 0.15) is 38.8 Å². The molecule has 2 rings (SSSR count). The number of benzene rings is 1. The summed E-state index contributed by atoms with van der Waals surface area (Å²) in [4.78, 5) is 0. The Morgan fingerprint density at radius 2 is 1.67 bits per heavy atom. The van der Waals surface area contributed by atoms with Gasteiger partial charge in [-0.3, -0.25) is 0 Å². The van der Waals surface area contributed by atoms with E-state index in [4.69, 9.17) is 17.2 Å². The summed E-state index contributed by atoms with van der Waals surface area (Å²) >= 11 is 0. The molecule has 1 heterocycles. The van der Waals surface area contributed by atoms with Crippen molar-refractivity contribution in [2.45, 2.75) is 52.1 Å². The largest absolute Gasteiger partial charge is 0.495 e. The second-order valence-electron chi connectivity index (χ2n) is 5.98. The maximum Gasteiger partial charge on any atom is 0.495 e. The molecule has 0 atom stereocenters. The second-order valence-corrected chi connectivity index (χ2v) is 5.98. The normalized spacial score (nSPS) is 21.3. The Labute approximate surface area is 112 Å². The lowest BCUT2D eigenvalue weighted by Crippen LogP contribution is -2.41. The van der Waals surface area contributed by atoms with Gasteiger partial charge in [0.15, 0.2) is 0 Å². The van der Waals surface area contributed by atoms with Crippen molar-refractivity contribution in [1.82, 2.24) is 0 Å². The highest BCUT2D eigenvalue weighted by molar-refractivity contribution is 6.62. The molecule has 0 amide bonds. The van der Waals surface area contributed by atoms with E-state index in [-0.39, 0.29) is 18.3 Å². The maximum atomic E-state index is 6.05. The van der Waals surface area contributed by atoms with Crippen molar-refractivity contribution in [2.24, 2.45) is 0 Å². The van der Waals surface area contributed by atoms with Crippen LogP contribution in [0.15, 0.2) is 18.2 Å². The Hall–Kier alpha value is -0.730. The molecule has 0 bridgehead atoms. The summed E-state index contributed by atoms with van der Waals surface area (Å²) in [5, 5.41) is 0. The summed E-state index contributed by atoms with van der Waals surface area (Å²) in [5.41, 5.74) is 2.79. The SMILES string of the molecule is [B]Cc1ccc(B2OC(C)(C)C(C)(C)O2)c(C)c1. The van der Waals surface area contributed by atoms with Gasteiger partial charge in [0.1, 0.15) is 0 Å². The molecule has 1 aliphatic rings. The summed E-state index contributed by atoms with van der Waals surface area (Å²) in [7, 11) is 5.36. The lowest BCUT2D eigenvalue weighted by Gasteiger charge is -2.32. The van der Waals surface area contributed by atoms with Crippen LogP contribution in [0.25, 0.3) is 0 Å². The highest BCUT2D eigenvalue weighted by Gasteiger charge is 2.51. The summed E-state index contributed by atoms with van der Waals surface area (Å²) in [6, 6.07) is 6.19. The van der Waals surface area contributed by atoms with Crippen LogP contribution in [0.4, 0.5) is 0 Å². The van der Waals surface area contributed by atoms with Crippen LogP contribution in [0, 0.1) is 6.92 Å². The van der Waals surface area contributed by atoms with Gasteiger partial charge in [0, 0.05) is 0 Å². The lowest BCUT2D eigenvalue weighted by atomic mass is 9.75. The van der Waals surface area contributed by atoms with Crippen molar-refractivity contribution < 1.29 is 9.31 Å². The van der Waals surface area contributed by atoms with Crippen LogP contribution >= 0.6 is 0 Å². The first-order valence-corrected chi connectivity index (χ1v) is 6.42. The van der Waals surface area contributed by atoms with Crippen LogP contribution in [0.3, 0.4) is 0 Å². The molecule has 0 spiro atoms. The lowest BCUT2D eigenvalue weighted by molar-refractivity contribution is 0.00578. The van der Waals surface area contributed by atoms with E-state index < -0.39 is 0 Å². The van der Waals surface area contributed by atoms with E-state index in [9.17, 15) is 0 Å². The highest BCUT2D eigenvalue weighted by Crippen LogP contribution is 2.36. The van der Waals surface area contributed by atoms with E-state index in [2.05, 4.69) is 46.8 Å². The highest BCUT2D eigenvalue weighted by atomic mass is 16.7. The fourth-order valence-corrected chi connectivity index (χ4v) is 2.10. The Kier molecular flexibility index (Phi) is 3.37. The third-order valence-corrected chi connectivity index (χ3v) is 4.08. The Balaban J connectivity index is 2.30. The molecule has 0 unspecified atom stereocenters. The Morgan fingerprint density at radius 3 is 2.11 bits per heavy atom. The van der Waals surface area contributed by atoms with Crippen LogP contribution in [-0.4, -0.2) is 26.2 Å². The van der Waals surface area contributed by atoms with Gasteiger partial charge in [-0.25, -0.2) is 0 Å². The van der Waals surface area contributed by atoms with Crippen LogP contribution in [-0.2, 0) is 15.6 Å². The van der Waals surface area contributed by atoms with Gasteiger partial charge in [0.2, 0.25) is 0 Å². The van der Waals surface area contributed by atoms with Gasteiger partial charge in [-0.05, 0) is 40.1 Å². The van der Waals surface area contributed by atoms with Crippen molar-refractivity contribution in [2.75, 3.05) is 0 Å². The van der Waals surface area contributed by atoms with E-state index in [1.165, 1.54) is 0 Å². The molecule has 2 radical (unpaired) electrons. The summed E-state index contributed by atoms with van der Waals surface area (Å²) in [6.07, 6.45) is 0.560. The monoisotopic (exact) mass is 242 g/mol. The fraction of sp³-hybridized carbons (Fsp3) is 0.571. The predicted octanol–water partition coefficient (Wildman–Crippen LogP) is 1.96. The number of hydrogen-bond donors (Lipinski definition) is 0. The molecule has 0 aliphatic carbocycles. The molecule has 1 aromatic carbocycles. The van der Waals surface area contributed by atoms with Gasteiger partial charge in [-0.1, -0.05) is 35.6 Å². The molecule has 1 saturated heterocycles. The summed E-state index contributed by atoms with van der Waals surface area (Å²) in [5.74, 6) is 0. The first-order chi connectivity index (χ1) is 8.27. The molecule has 2 nitrogen and oxygen atoms in total. The third-order valence-electron chi connectivity index (χ3n) is 4.08. The van der Waals surface area contributed by atoms with Crippen LogP contribution < -0.4 is 5.46 Å². The molecule has 1 fully saturated rings. The average molecular weight is 242 g/mol. The van der Waals surface area contributed by atoms with Crippen LogP contribution in [0.2, 0.25) is 0 Å². The van der Waals surface area contributed by atoms with Crippen molar-refractivity contribution >= 4 is 20.4 Å². The molecule has 1 aliphatic heterocycles. The van der Waals surface area contributed by atoms with E-state index >= 15 is 0 Å². The number of rotatable bonds is 2. The minimum absolute atomic E-state index is 0.290. The summed E-state index contributed by atoms with van der Waals surface area (Å²) in [6.45, 7) is 10.3. The maximum absolute atomic E-state index is 6.05. The number of aryl methyl sites for hydroxylation is 1. The van der Waals surface area contributed by atoms with Gasteiger partial charge in [0.25, 0.3) is 0 Å². The van der Waals surface area contributed by atoms with Crippen molar-refractivity contribution in [3.63, 3.8) is 0 Å². The van der Waals surface area contributed by atoms with Gasteiger partial charge >= 0.3 is 7.12 Å². The van der Waals surface area contributed by atoms with Gasteiger partial charge in [-0.15, -0.1) is 0 Å². The molecule has 4 heteroatoms. The molecular weight excluding hydrogens is 222 g/mol. The molecule has 1 aromatic rings. The first-order valence-electron chi connectivity index (χ1n) is 6.42. The minimum atomic E-state index is -0.295. The standard InChI is InChI=1S/C14H20B2O2/c1-10-8-11(9-15)6-7-12(10)16-17-13(2,3)14(4,5)18-16/h6-8H,9H2,1-5H3. The zero-order chi connectivity index (χ0) is 13.6. The van der Waals surface area contributed by atoms with E-state index in [0.717, 1.165) is 16.6 Å². The molecule has 0 saturated carbocycles. The molecule has 0 aromatic heterocycles. The second kappa shape index (κ2) is 4.43. The van der Waals surface area contributed by atoms with E-state index in [1.807, 2.05) is 6.07 Å². The van der Waals surface area contributed by atoms with Crippen LogP contribution in [0.5, 0.6) is 0 Å². The Bertz CT molecular complexity index is 439.